The van der Waals surface area contributed by atoms with Crippen molar-refractivity contribution in [3.63, 3.8) is 0 Å². The van der Waals surface area contributed by atoms with Crippen LogP contribution >= 0.6 is 0 Å². The summed E-state index contributed by atoms with van der Waals surface area (Å²) in [6.45, 7) is 16.8. The van der Waals surface area contributed by atoms with Crippen molar-refractivity contribution in [3.05, 3.63) is 46.6 Å². The summed E-state index contributed by atoms with van der Waals surface area (Å²) in [4.78, 5) is 21.8. The summed E-state index contributed by atoms with van der Waals surface area (Å²) in [5.74, 6) is 1.48. The second-order valence-corrected chi connectivity index (χ2v) is 9.96. The number of aromatic nitrogens is 1. The Morgan fingerprint density at radius 3 is 1.41 bits per heavy atom. The standard InChI is InChI=1S/C31H47N3O3/c1-5-15-33(16-6-2)19-9-21-36-25-11-13-29-27(23-25)31(35)28-24-26(12-14-30(28)32-29)37-22-10-20-34(17-7-3)18-8-4/h11-14,23-24H,5-10,15-22H2,1-4H3,(H,32,35). The van der Waals surface area contributed by atoms with Crippen LogP contribution in [0.3, 0.4) is 0 Å². The molecule has 0 fully saturated rings. The molecule has 1 aromatic heterocycles. The number of aromatic amines is 1. The molecule has 204 valence electrons. The minimum atomic E-state index is 0.00813. The molecule has 0 bridgehead atoms. The van der Waals surface area contributed by atoms with Crippen LogP contribution in [-0.2, 0) is 0 Å². The molecular formula is C31H47N3O3. The highest BCUT2D eigenvalue weighted by Gasteiger charge is 2.09. The maximum Gasteiger partial charge on any atom is 0.197 e. The van der Waals surface area contributed by atoms with Gasteiger partial charge in [0.15, 0.2) is 5.43 Å². The number of pyridine rings is 1. The molecule has 37 heavy (non-hydrogen) atoms. The molecule has 0 saturated heterocycles. The summed E-state index contributed by atoms with van der Waals surface area (Å²) in [5.41, 5.74) is 1.65. The van der Waals surface area contributed by atoms with Gasteiger partial charge < -0.3 is 24.3 Å². The van der Waals surface area contributed by atoms with Crippen LogP contribution in [0.15, 0.2) is 41.2 Å². The van der Waals surface area contributed by atoms with Gasteiger partial charge in [-0.15, -0.1) is 0 Å². The molecule has 3 aromatic rings. The lowest BCUT2D eigenvalue weighted by Crippen LogP contribution is -2.27. The number of benzene rings is 2. The minimum Gasteiger partial charge on any atom is -0.494 e. The summed E-state index contributed by atoms with van der Waals surface area (Å²) in [7, 11) is 0. The van der Waals surface area contributed by atoms with E-state index >= 15 is 0 Å². The van der Waals surface area contributed by atoms with Crippen LogP contribution < -0.4 is 14.9 Å². The van der Waals surface area contributed by atoms with Crippen molar-refractivity contribution in [1.29, 1.82) is 0 Å². The summed E-state index contributed by atoms with van der Waals surface area (Å²) in [6, 6.07) is 11.5. The van der Waals surface area contributed by atoms with Gasteiger partial charge >= 0.3 is 0 Å². The maximum atomic E-state index is 13.4. The van der Waals surface area contributed by atoms with Gasteiger partial charge in [0, 0.05) is 23.9 Å². The number of fused-ring (bicyclic) bond motifs is 2. The summed E-state index contributed by atoms with van der Waals surface area (Å²) >= 11 is 0. The lowest BCUT2D eigenvalue weighted by Gasteiger charge is -2.20. The van der Waals surface area contributed by atoms with Gasteiger partial charge in [0.05, 0.1) is 24.2 Å². The van der Waals surface area contributed by atoms with E-state index in [-0.39, 0.29) is 5.43 Å². The van der Waals surface area contributed by atoms with E-state index in [0.29, 0.717) is 24.0 Å². The number of rotatable bonds is 18. The molecule has 0 unspecified atom stereocenters. The molecule has 2 aromatic carbocycles. The zero-order chi connectivity index (χ0) is 26.5. The first kappa shape index (κ1) is 29.0. The highest BCUT2D eigenvalue weighted by Crippen LogP contribution is 2.23. The third-order valence-corrected chi connectivity index (χ3v) is 6.67. The summed E-state index contributed by atoms with van der Waals surface area (Å²) < 4.78 is 12.0. The van der Waals surface area contributed by atoms with Gasteiger partial charge in [-0.25, -0.2) is 0 Å². The van der Waals surface area contributed by atoms with Crippen molar-refractivity contribution in [1.82, 2.24) is 14.8 Å². The molecule has 0 saturated carbocycles. The highest BCUT2D eigenvalue weighted by molar-refractivity contribution is 5.93. The fraction of sp³-hybridized carbons (Fsp3) is 0.581. The van der Waals surface area contributed by atoms with Gasteiger partial charge in [-0.3, -0.25) is 4.79 Å². The van der Waals surface area contributed by atoms with Gasteiger partial charge in [0.2, 0.25) is 0 Å². The summed E-state index contributed by atoms with van der Waals surface area (Å²) in [5, 5.41) is 1.30. The third kappa shape index (κ3) is 8.75. The number of nitrogens with one attached hydrogen (secondary N) is 1. The van der Waals surface area contributed by atoms with E-state index < -0.39 is 0 Å². The lowest BCUT2D eigenvalue weighted by molar-refractivity contribution is 0.234. The Balaban J connectivity index is 1.63. The van der Waals surface area contributed by atoms with Crippen molar-refractivity contribution in [3.8, 4) is 11.5 Å². The quantitative estimate of drug-likeness (QED) is 0.157. The highest BCUT2D eigenvalue weighted by atomic mass is 16.5. The SMILES string of the molecule is CCCN(CCC)CCCOc1ccc2[nH]c3ccc(OCCCN(CCC)CCC)cc3c(=O)c2c1. The smallest absolute Gasteiger partial charge is 0.197 e. The number of hydrogen-bond donors (Lipinski definition) is 1. The van der Waals surface area contributed by atoms with E-state index in [1.165, 1.54) is 25.7 Å². The molecule has 0 aliphatic heterocycles. The number of nitrogens with zero attached hydrogens (tertiary/aromatic N) is 2. The molecule has 0 aliphatic rings. The molecule has 0 aliphatic carbocycles. The first-order chi connectivity index (χ1) is 18.1. The molecular weight excluding hydrogens is 462 g/mol. The Bertz CT molecular complexity index is 1050. The molecule has 0 atom stereocenters. The first-order valence-electron chi connectivity index (χ1n) is 14.4. The number of H-pyrrole nitrogens is 1. The Morgan fingerprint density at radius 1 is 0.622 bits per heavy atom. The number of ether oxygens (including phenoxy) is 2. The average Bonchev–Trinajstić information content (AvgIpc) is 2.90. The topological polar surface area (TPSA) is 57.8 Å². The average molecular weight is 510 g/mol. The van der Waals surface area contributed by atoms with Gasteiger partial charge in [0.25, 0.3) is 0 Å². The van der Waals surface area contributed by atoms with E-state index in [2.05, 4.69) is 42.5 Å². The largest absolute Gasteiger partial charge is 0.494 e. The van der Waals surface area contributed by atoms with E-state index in [1.807, 2.05) is 36.4 Å². The monoisotopic (exact) mass is 509 g/mol. The van der Waals surface area contributed by atoms with Crippen LogP contribution in [0, 0.1) is 0 Å². The van der Waals surface area contributed by atoms with Crippen LogP contribution in [0.4, 0.5) is 0 Å². The van der Waals surface area contributed by atoms with Crippen molar-refractivity contribution < 1.29 is 9.47 Å². The van der Waals surface area contributed by atoms with Crippen molar-refractivity contribution in [2.45, 2.75) is 66.2 Å². The third-order valence-electron chi connectivity index (χ3n) is 6.67. The zero-order valence-corrected chi connectivity index (χ0v) is 23.5. The fourth-order valence-electron chi connectivity index (χ4n) is 5.00. The normalized spacial score (nSPS) is 11.7. The molecule has 6 heteroatoms. The first-order valence-corrected chi connectivity index (χ1v) is 14.4. The van der Waals surface area contributed by atoms with E-state index in [9.17, 15) is 4.79 Å². The van der Waals surface area contributed by atoms with Crippen molar-refractivity contribution in [2.24, 2.45) is 0 Å². The fourth-order valence-corrected chi connectivity index (χ4v) is 5.00. The summed E-state index contributed by atoms with van der Waals surface area (Å²) in [6.07, 6.45) is 6.64. The second-order valence-electron chi connectivity index (χ2n) is 9.96. The van der Waals surface area contributed by atoms with Crippen molar-refractivity contribution in [2.75, 3.05) is 52.5 Å². The Labute approximate surface area is 222 Å². The molecule has 3 rings (SSSR count). The molecule has 6 nitrogen and oxygen atoms in total. The minimum absolute atomic E-state index is 0.00813. The van der Waals surface area contributed by atoms with E-state index in [1.54, 1.807) is 0 Å². The molecule has 0 amide bonds. The zero-order valence-electron chi connectivity index (χ0n) is 23.5. The van der Waals surface area contributed by atoms with Crippen LogP contribution in [0.1, 0.15) is 66.2 Å². The molecule has 1 N–H and O–H groups in total. The maximum absolute atomic E-state index is 13.4. The van der Waals surface area contributed by atoms with Crippen LogP contribution in [0.5, 0.6) is 11.5 Å². The molecule has 0 spiro atoms. The lowest BCUT2D eigenvalue weighted by atomic mass is 10.1. The molecule has 0 radical (unpaired) electrons. The molecule has 1 heterocycles. The van der Waals surface area contributed by atoms with Crippen LogP contribution in [0.25, 0.3) is 21.8 Å². The van der Waals surface area contributed by atoms with Crippen LogP contribution in [-0.4, -0.2) is 67.3 Å². The van der Waals surface area contributed by atoms with E-state index in [0.717, 1.165) is 74.6 Å². The van der Waals surface area contributed by atoms with Gasteiger partial charge in [-0.05, 0) is 101 Å². The Morgan fingerprint density at radius 2 is 1.03 bits per heavy atom. The van der Waals surface area contributed by atoms with Crippen LogP contribution in [0.2, 0.25) is 0 Å². The Hall–Kier alpha value is -2.57. The van der Waals surface area contributed by atoms with Gasteiger partial charge in [0.1, 0.15) is 11.5 Å². The number of hydrogen-bond acceptors (Lipinski definition) is 5. The second kappa shape index (κ2) is 15.6. The van der Waals surface area contributed by atoms with E-state index in [4.69, 9.17) is 9.47 Å². The van der Waals surface area contributed by atoms with Gasteiger partial charge in [-0.1, -0.05) is 27.7 Å². The Kier molecular flexibility index (Phi) is 12.2. The predicted molar refractivity (Wildman–Crippen MR) is 156 cm³/mol. The van der Waals surface area contributed by atoms with Crippen molar-refractivity contribution >= 4 is 21.8 Å². The van der Waals surface area contributed by atoms with Gasteiger partial charge in [-0.2, -0.15) is 0 Å². The predicted octanol–water partition coefficient (Wildman–Crippen LogP) is 6.46.